The molecular weight excluding hydrogens is 180 g/mol. The van der Waals surface area contributed by atoms with Crippen LogP contribution in [-0.4, -0.2) is 21.7 Å². The van der Waals surface area contributed by atoms with E-state index < -0.39 is 0 Å². The molecule has 0 bridgehead atoms. The van der Waals surface area contributed by atoms with Crippen LogP contribution in [-0.2, 0) is 16.1 Å². The van der Waals surface area contributed by atoms with Gasteiger partial charge in [0.25, 0.3) is 0 Å². The summed E-state index contributed by atoms with van der Waals surface area (Å²) in [6.45, 7) is 0.375. The van der Waals surface area contributed by atoms with Gasteiger partial charge in [-0.25, -0.2) is 0 Å². The smallest absolute Gasteiger partial charge is 0.229 e. The second-order valence-electron chi connectivity index (χ2n) is 3.23. The largest absolute Gasteiger partial charge is 0.278 e. The fourth-order valence-electron chi connectivity index (χ4n) is 1.47. The van der Waals surface area contributed by atoms with Crippen LogP contribution in [0.15, 0.2) is 24.5 Å². The molecule has 1 aliphatic heterocycles. The van der Waals surface area contributed by atoms with Crippen LogP contribution in [0, 0.1) is 0 Å². The van der Waals surface area contributed by atoms with Gasteiger partial charge in [0.1, 0.15) is 0 Å². The Labute approximate surface area is 81.6 Å². The van der Waals surface area contributed by atoms with Crippen LogP contribution in [0.2, 0.25) is 0 Å². The number of carbonyl (C=O) groups is 2. The Hall–Kier alpha value is -1.71. The molecule has 2 amide bonds. The van der Waals surface area contributed by atoms with E-state index in [-0.39, 0.29) is 11.8 Å². The maximum Gasteiger partial charge on any atom is 0.229 e. The first-order chi connectivity index (χ1) is 6.77. The van der Waals surface area contributed by atoms with Crippen molar-refractivity contribution in [3.8, 4) is 0 Å². The number of nitrogens with zero attached hydrogens (tertiary/aromatic N) is 2. The molecule has 14 heavy (non-hydrogen) atoms. The van der Waals surface area contributed by atoms with Gasteiger partial charge in [0.15, 0.2) is 0 Å². The number of rotatable bonds is 2. The maximum absolute atomic E-state index is 11.3. The van der Waals surface area contributed by atoms with E-state index in [0.717, 1.165) is 5.56 Å². The van der Waals surface area contributed by atoms with Crippen molar-refractivity contribution >= 4 is 11.8 Å². The van der Waals surface area contributed by atoms with Crippen LogP contribution in [0.3, 0.4) is 0 Å². The molecule has 2 rings (SSSR count). The van der Waals surface area contributed by atoms with E-state index in [2.05, 4.69) is 4.98 Å². The Balaban J connectivity index is 2.11. The molecule has 1 aromatic rings. The molecule has 0 N–H and O–H groups in total. The lowest BCUT2D eigenvalue weighted by Gasteiger charge is -2.12. The number of hydrogen-bond donors (Lipinski definition) is 0. The topological polar surface area (TPSA) is 50.3 Å². The van der Waals surface area contributed by atoms with Crippen molar-refractivity contribution in [1.82, 2.24) is 9.88 Å². The summed E-state index contributed by atoms with van der Waals surface area (Å²) in [6.07, 6.45) is 4.01. The first-order valence-electron chi connectivity index (χ1n) is 4.49. The normalized spacial score (nSPS) is 16.4. The van der Waals surface area contributed by atoms with Crippen molar-refractivity contribution in [2.75, 3.05) is 0 Å². The van der Waals surface area contributed by atoms with Crippen molar-refractivity contribution in [2.24, 2.45) is 0 Å². The minimum Gasteiger partial charge on any atom is -0.278 e. The van der Waals surface area contributed by atoms with E-state index in [1.165, 1.54) is 4.90 Å². The third-order valence-electron chi connectivity index (χ3n) is 2.24. The summed E-state index contributed by atoms with van der Waals surface area (Å²) in [6, 6.07) is 3.61. The summed E-state index contributed by atoms with van der Waals surface area (Å²) >= 11 is 0. The molecule has 4 heteroatoms. The third kappa shape index (κ3) is 1.64. The highest BCUT2D eigenvalue weighted by atomic mass is 16.2. The van der Waals surface area contributed by atoms with Gasteiger partial charge in [-0.3, -0.25) is 19.5 Å². The Morgan fingerprint density at radius 2 is 1.71 bits per heavy atom. The molecule has 1 fully saturated rings. The van der Waals surface area contributed by atoms with Gasteiger partial charge in [-0.15, -0.1) is 0 Å². The lowest BCUT2D eigenvalue weighted by Crippen LogP contribution is -2.28. The van der Waals surface area contributed by atoms with Gasteiger partial charge in [0, 0.05) is 25.2 Å². The number of amides is 2. The number of pyridine rings is 1. The molecule has 0 unspecified atom stereocenters. The van der Waals surface area contributed by atoms with Gasteiger partial charge in [0.2, 0.25) is 11.8 Å². The van der Waals surface area contributed by atoms with Crippen molar-refractivity contribution in [3.63, 3.8) is 0 Å². The zero-order valence-electron chi connectivity index (χ0n) is 7.64. The quantitative estimate of drug-likeness (QED) is 0.646. The molecule has 1 saturated heterocycles. The van der Waals surface area contributed by atoms with Gasteiger partial charge >= 0.3 is 0 Å². The van der Waals surface area contributed by atoms with Crippen LogP contribution in [0.1, 0.15) is 18.4 Å². The molecular formula is C10H10N2O2. The number of imide groups is 1. The zero-order valence-corrected chi connectivity index (χ0v) is 7.64. The highest BCUT2D eigenvalue weighted by Crippen LogP contribution is 2.14. The first kappa shape index (κ1) is 8.87. The average molecular weight is 190 g/mol. The Kier molecular flexibility index (Phi) is 2.26. The summed E-state index contributed by atoms with van der Waals surface area (Å²) < 4.78 is 0. The number of carbonyl (C=O) groups excluding carboxylic acids is 2. The second kappa shape index (κ2) is 3.57. The van der Waals surface area contributed by atoms with Gasteiger partial charge in [-0.05, 0) is 17.7 Å². The van der Waals surface area contributed by atoms with Crippen LogP contribution in [0.4, 0.5) is 0 Å². The lowest BCUT2D eigenvalue weighted by molar-refractivity contribution is -0.139. The molecule has 0 aromatic carbocycles. The van der Waals surface area contributed by atoms with Crippen LogP contribution < -0.4 is 0 Å². The molecule has 4 nitrogen and oxygen atoms in total. The van der Waals surface area contributed by atoms with Crippen molar-refractivity contribution in [2.45, 2.75) is 19.4 Å². The lowest BCUT2D eigenvalue weighted by atomic mass is 10.2. The molecule has 0 atom stereocenters. The highest BCUT2D eigenvalue weighted by molar-refractivity contribution is 6.01. The van der Waals surface area contributed by atoms with Crippen LogP contribution in [0.25, 0.3) is 0 Å². The number of likely N-dealkylation sites (tertiary alicyclic amines) is 1. The van der Waals surface area contributed by atoms with Crippen LogP contribution in [0.5, 0.6) is 0 Å². The molecule has 72 valence electrons. The van der Waals surface area contributed by atoms with E-state index >= 15 is 0 Å². The number of aromatic nitrogens is 1. The van der Waals surface area contributed by atoms with Crippen LogP contribution >= 0.6 is 0 Å². The predicted molar refractivity (Wildman–Crippen MR) is 49.0 cm³/mol. The SMILES string of the molecule is O=C1CCC(=O)N1Cc1ccncc1. The Morgan fingerprint density at radius 1 is 1.14 bits per heavy atom. The Morgan fingerprint density at radius 3 is 2.29 bits per heavy atom. The summed E-state index contributed by atoms with van der Waals surface area (Å²) in [4.78, 5) is 27.7. The predicted octanol–water partition coefficient (Wildman–Crippen LogP) is 0.731. The minimum atomic E-state index is -0.0770. The molecule has 0 spiro atoms. The van der Waals surface area contributed by atoms with Gasteiger partial charge in [-0.1, -0.05) is 0 Å². The molecule has 1 aromatic heterocycles. The van der Waals surface area contributed by atoms with Crippen molar-refractivity contribution < 1.29 is 9.59 Å². The standard InChI is InChI=1S/C10H10N2O2/c13-9-1-2-10(14)12(9)7-8-3-5-11-6-4-8/h3-6H,1-2,7H2. The molecule has 0 saturated carbocycles. The fraction of sp³-hybridized carbons (Fsp3) is 0.300. The van der Waals surface area contributed by atoms with Gasteiger partial charge in [0.05, 0.1) is 6.54 Å². The van der Waals surface area contributed by atoms with E-state index in [9.17, 15) is 9.59 Å². The van der Waals surface area contributed by atoms with E-state index in [4.69, 9.17) is 0 Å². The highest BCUT2D eigenvalue weighted by Gasteiger charge is 2.28. The average Bonchev–Trinajstić information content (AvgIpc) is 2.51. The maximum atomic E-state index is 11.3. The molecule has 0 radical (unpaired) electrons. The van der Waals surface area contributed by atoms with Gasteiger partial charge in [-0.2, -0.15) is 0 Å². The second-order valence-corrected chi connectivity index (χ2v) is 3.23. The molecule has 0 aliphatic carbocycles. The van der Waals surface area contributed by atoms with E-state index in [1.54, 1.807) is 24.5 Å². The fourth-order valence-corrected chi connectivity index (χ4v) is 1.47. The van der Waals surface area contributed by atoms with E-state index in [1.807, 2.05) is 0 Å². The number of hydrogen-bond acceptors (Lipinski definition) is 3. The zero-order chi connectivity index (χ0) is 9.97. The summed E-state index contributed by atoms with van der Waals surface area (Å²) in [7, 11) is 0. The summed E-state index contributed by atoms with van der Waals surface area (Å²) in [5.74, 6) is -0.154. The third-order valence-corrected chi connectivity index (χ3v) is 2.24. The molecule has 2 heterocycles. The molecule has 1 aliphatic rings. The van der Waals surface area contributed by atoms with E-state index in [0.29, 0.717) is 19.4 Å². The monoisotopic (exact) mass is 190 g/mol. The Bertz CT molecular complexity index is 346. The van der Waals surface area contributed by atoms with Crippen molar-refractivity contribution in [3.05, 3.63) is 30.1 Å². The summed E-state index contributed by atoms with van der Waals surface area (Å²) in [5.41, 5.74) is 0.934. The van der Waals surface area contributed by atoms with Gasteiger partial charge < -0.3 is 0 Å². The summed E-state index contributed by atoms with van der Waals surface area (Å²) in [5, 5.41) is 0. The minimum absolute atomic E-state index is 0.0770. The first-order valence-corrected chi connectivity index (χ1v) is 4.49. The van der Waals surface area contributed by atoms with Crippen molar-refractivity contribution in [1.29, 1.82) is 0 Å².